The van der Waals surface area contributed by atoms with Gasteiger partial charge in [0.15, 0.2) is 0 Å². The van der Waals surface area contributed by atoms with Crippen LogP contribution in [0.3, 0.4) is 0 Å². The van der Waals surface area contributed by atoms with E-state index in [9.17, 15) is 19.5 Å². The highest BCUT2D eigenvalue weighted by Gasteiger charge is 2.32. The number of aromatic carboxylic acids is 1. The molecule has 2 N–H and O–H groups in total. The van der Waals surface area contributed by atoms with E-state index in [0.717, 1.165) is 5.56 Å². The Bertz CT molecular complexity index is 1430. The van der Waals surface area contributed by atoms with Gasteiger partial charge in [-0.3, -0.25) is 4.79 Å². The van der Waals surface area contributed by atoms with Crippen LogP contribution in [0.25, 0.3) is 11.3 Å². The number of carboxylic acids is 2. The lowest BCUT2D eigenvalue weighted by Gasteiger charge is -2.29. The van der Waals surface area contributed by atoms with E-state index in [0.29, 0.717) is 22.1 Å². The fourth-order valence-corrected chi connectivity index (χ4v) is 4.36. The van der Waals surface area contributed by atoms with Crippen molar-refractivity contribution in [3.63, 3.8) is 0 Å². The van der Waals surface area contributed by atoms with E-state index in [1.54, 1.807) is 48.5 Å². The number of carbonyl (C=O) groups is 3. The van der Waals surface area contributed by atoms with Gasteiger partial charge in [-0.2, -0.15) is 0 Å². The summed E-state index contributed by atoms with van der Waals surface area (Å²) in [5.41, 5.74) is 1.63. The standard InChI is InChI=1S/C28H21Cl2NO6/c29-20-10-12-22(23(30)15-20)26(32)31(24(28(35)36)14-17-4-2-1-3-5-17)16-21-11-13-25(37-21)18-6-8-19(9-7-18)27(33)34/h1-13,15,24H,14,16H2,(H,33,34)(H,35,36)/t24-/m0/s1. The molecule has 0 aliphatic rings. The summed E-state index contributed by atoms with van der Waals surface area (Å²) in [6.45, 7) is -0.144. The van der Waals surface area contributed by atoms with Gasteiger partial charge in [0.05, 0.1) is 22.7 Å². The highest BCUT2D eigenvalue weighted by molar-refractivity contribution is 6.36. The van der Waals surface area contributed by atoms with Gasteiger partial charge in [0, 0.05) is 17.0 Å². The first-order chi connectivity index (χ1) is 17.7. The summed E-state index contributed by atoms with van der Waals surface area (Å²) in [6, 6.07) is 21.6. The molecule has 4 rings (SSSR count). The molecule has 188 valence electrons. The van der Waals surface area contributed by atoms with E-state index >= 15 is 0 Å². The molecule has 4 aromatic rings. The van der Waals surface area contributed by atoms with E-state index in [1.165, 1.54) is 35.2 Å². The van der Waals surface area contributed by atoms with Gasteiger partial charge in [-0.25, -0.2) is 9.59 Å². The SMILES string of the molecule is O=C(O)c1ccc(-c2ccc(CN(C(=O)c3ccc(Cl)cc3Cl)[C@@H](Cc3ccccc3)C(=O)O)o2)cc1. The van der Waals surface area contributed by atoms with Crippen LogP contribution in [0, 0.1) is 0 Å². The van der Waals surface area contributed by atoms with Gasteiger partial charge >= 0.3 is 11.9 Å². The molecule has 0 spiro atoms. The molecule has 0 unspecified atom stereocenters. The average Bonchev–Trinajstić information content (AvgIpc) is 3.35. The maximum absolute atomic E-state index is 13.6. The van der Waals surface area contributed by atoms with Gasteiger partial charge in [0.2, 0.25) is 0 Å². The second kappa shape index (κ2) is 11.3. The zero-order valence-electron chi connectivity index (χ0n) is 19.3. The van der Waals surface area contributed by atoms with Crippen LogP contribution >= 0.6 is 23.2 Å². The Labute approximate surface area is 222 Å². The first kappa shape index (κ1) is 26.0. The number of furan rings is 1. The highest BCUT2D eigenvalue weighted by atomic mass is 35.5. The van der Waals surface area contributed by atoms with E-state index < -0.39 is 23.9 Å². The summed E-state index contributed by atoms with van der Waals surface area (Å²) in [6.07, 6.45) is 0.0668. The molecule has 0 radical (unpaired) electrons. The van der Waals surface area contributed by atoms with Crippen molar-refractivity contribution in [1.82, 2.24) is 4.90 Å². The Morgan fingerprint density at radius 2 is 1.57 bits per heavy atom. The zero-order valence-corrected chi connectivity index (χ0v) is 20.8. The minimum atomic E-state index is -1.22. The third-order valence-electron chi connectivity index (χ3n) is 5.76. The number of rotatable bonds is 9. The van der Waals surface area contributed by atoms with Crippen LogP contribution in [0.2, 0.25) is 10.0 Å². The summed E-state index contributed by atoms with van der Waals surface area (Å²) < 4.78 is 5.93. The summed E-state index contributed by atoms with van der Waals surface area (Å²) in [4.78, 5) is 38.4. The highest BCUT2D eigenvalue weighted by Crippen LogP contribution is 2.27. The van der Waals surface area contributed by atoms with Crippen molar-refractivity contribution in [3.8, 4) is 11.3 Å². The third-order valence-corrected chi connectivity index (χ3v) is 6.31. The van der Waals surface area contributed by atoms with Gasteiger partial charge in [-0.1, -0.05) is 65.7 Å². The summed E-state index contributed by atoms with van der Waals surface area (Å²) in [7, 11) is 0. The molecule has 0 saturated heterocycles. The van der Waals surface area contributed by atoms with E-state index in [2.05, 4.69) is 0 Å². The van der Waals surface area contributed by atoms with Gasteiger partial charge in [0.1, 0.15) is 17.6 Å². The Morgan fingerprint density at radius 3 is 2.19 bits per heavy atom. The molecular weight excluding hydrogens is 517 g/mol. The lowest BCUT2D eigenvalue weighted by Crippen LogP contribution is -2.46. The lowest BCUT2D eigenvalue weighted by molar-refractivity contribution is -0.142. The predicted octanol–water partition coefficient (Wildman–Crippen LogP) is 6.29. The largest absolute Gasteiger partial charge is 0.480 e. The quantitative estimate of drug-likeness (QED) is 0.259. The van der Waals surface area contributed by atoms with Crippen molar-refractivity contribution < 1.29 is 29.0 Å². The maximum Gasteiger partial charge on any atom is 0.335 e. The van der Waals surface area contributed by atoms with Gasteiger partial charge in [0.25, 0.3) is 5.91 Å². The maximum atomic E-state index is 13.6. The molecule has 0 aliphatic carbocycles. The molecule has 0 saturated carbocycles. The fraction of sp³-hybridized carbons (Fsp3) is 0.107. The first-order valence-electron chi connectivity index (χ1n) is 11.2. The molecular formula is C28H21Cl2NO6. The molecule has 0 aliphatic heterocycles. The molecule has 9 heteroatoms. The summed E-state index contributed by atoms with van der Waals surface area (Å²) in [5.74, 6) is -2.03. The van der Waals surface area contributed by atoms with E-state index in [4.69, 9.17) is 32.7 Å². The van der Waals surface area contributed by atoms with Crippen LogP contribution in [0.15, 0.2) is 89.3 Å². The fourth-order valence-electron chi connectivity index (χ4n) is 3.87. The second-order valence-electron chi connectivity index (χ2n) is 8.25. The molecule has 1 aromatic heterocycles. The van der Waals surface area contributed by atoms with Crippen LogP contribution in [-0.2, 0) is 17.8 Å². The Morgan fingerprint density at radius 1 is 0.865 bits per heavy atom. The van der Waals surface area contributed by atoms with Gasteiger partial charge < -0.3 is 19.5 Å². The third kappa shape index (κ3) is 6.20. The van der Waals surface area contributed by atoms with Crippen molar-refractivity contribution in [2.75, 3.05) is 0 Å². The molecule has 7 nitrogen and oxygen atoms in total. The van der Waals surface area contributed by atoms with Crippen molar-refractivity contribution in [2.45, 2.75) is 19.0 Å². The first-order valence-corrected chi connectivity index (χ1v) is 11.9. The van der Waals surface area contributed by atoms with Crippen LogP contribution in [-0.4, -0.2) is 39.0 Å². The number of hydrogen-bond donors (Lipinski definition) is 2. The number of nitrogens with zero attached hydrogens (tertiary/aromatic N) is 1. The zero-order chi connectivity index (χ0) is 26.5. The molecule has 1 amide bonds. The molecule has 0 fully saturated rings. The number of amides is 1. The normalized spacial score (nSPS) is 11.6. The van der Waals surface area contributed by atoms with Crippen molar-refractivity contribution in [3.05, 3.63) is 117 Å². The molecule has 1 atom stereocenters. The Kier molecular flexibility index (Phi) is 7.96. The second-order valence-corrected chi connectivity index (χ2v) is 9.09. The number of halogens is 2. The summed E-state index contributed by atoms with van der Waals surface area (Å²) >= 11 is 12.3. The van der Waals surface area contributed by atoms with E-state index in [1.807, 2.05) is 6.07 Å². The minimum Gasteiger partial charge on any atom is -0.480 e. The van der Waals surface area contributed by atoms with Gasteiger partial charge in [-0.15, -0.1) is 0 Å². The van der Waals surface area contributed by atoms with Crippen LogP contribution in [0.1, 0.15) is 32.0 Å². The number of aliphatic carboxylic acids is 1. The molecule has 3 aromatic carbocycles. The summed E-state index contributed by atoms with van der Waals surface area (Å²) in [5, 5.41) is 19.7. The van der Waals surface area contributed by atoms with Crippen LogP contribution in [0.5, 0.6) is 0 Å². The Balaban J connectivity index is 1.68. The molecule has 1 heterocycles. The molecule has 0 bridgehead atoms. The number of hydrogen-bond acceptors (Lipinski definition) is 4. The number of carbonyl (C=O) groups excluding carboxylic acids is 1. The van der Waals surface area contributed by atoms with Crippen LogP contribution < -0.4 is 0 Å². The van der Waals surface area contributed by atoms with Crippen molar-refractivity contribution in [1.29, 1.82) is 0 Å². The average molecular weight is 538 g/mol. The lowest BCUT2D eigenvalue weighted by atomic mass is 10.0. The topological polar surface area (TPSA) is 108 Å². The van der Waals surface area contributed by atoms with E-state index in [-0.39, 0.29) is 29.1 Å². The minimum absolute atomic E-state index is 0.0668. The van der Waals surface area contributed by atoms with Gasteiger partial charge in [-0.05, 0) is 48.0 Å². The monoisotopic (exact) mass is 537 g/mol. The predicted molar refractivity (Wildman–Crippen MR) is 139 cm³/mol. The number of carboxylic acid groups (broad SMARTS) is 2. The smallest absolute Gasteiger partial charge is 0.335 e. The Hall–Kier alpha value is -4.07. The molecule has 37 heavy (non-hydrogen) atoms. The number of benzene rings is 3. The van der Waals surface area contributed by atoms with Crippen molar-refractivity contribution in [2.24, 2.45) is 0 Å². The van der Waals surface area contributed by atoms with Crippen LogP contribution in [0.4, 0.5) is 0 Å². The van der Waals surface area contributed by atoms with Crippen molar-refractivity contribution >= 4 is 41.0 Å².